The van der Waals surface area contributed by atoms with Crippen LogP contribution in [0.25, 0.3) is 0 Å². The Morgan fingerprint density at radius 1 is 1.21 bits per heavy atom. The average molecular weight is 404 g/mol. The van der Waals surface area contributed by atoms with Crippen LogP contribution in [0, 0.1) is 13.8 Å². The van der Waals surface area contributed by atoms with Gasteiger partial charge in [0.05, 0.1) is 6.61 Å². The number of H-pyrrole nitrogens is 1. The lowest BCUT2D eigenvalue weighted by Crippen LogP contribution is -2.44. The fourth-order valence-electron chi connectivity index (χ4n) is 3.07. The van der Waals surface area contributed by atoms with Gasteiger partial charge in [0.2, 0.25) is 0 Å². The minimum absolute atomic E-state index is 0.0588. The molecule has 0 atom stereocenters. The number of ether oxygens (including phenoxy) is 2. The van der Waals surface area contributed by atoms with Gasteiger partial charge in [0.15, 0.2) is 12.3 Å². The van der Waals surface area contributed by atoms with Gasteiger partial charge in [0, 0.05) is 20.2 Å². The van der Waals surface area contributed by atoms with Gasteiger partial charge in [-0.2, -0.15) is 0 Å². The van der Waals surface area contributed by atoms with Crippen LogP contribution < -0.4 is 26.6 Å². The monoisotopic (exact) mass is 404 g/mol. The molecule has 0 spiro atoms. The van der Waals surface area contributed by atoms with Crippen molar-refractivity contribution in [2.45, 2.75) is 33.7 Å². The summed E-state index contributed by atoms with van der Waals surface area (Å²) in [6.45, 7) is 6.04. The number of methoxy groups -OCH3 is 1. The Kier molecular flexibility index (Phi) is 7.60. The third-order valence-electron chi connectivity index (χ3n) is 4.31. The fourth-order valence-corrected chi connectivity index (χ4v) is 3.07. The van der Waals surface area contributed by atoms with Crippen molar-refractivity contribution in [2.24, 2.45) is 0 Å². The molecule has 0 radical (unpaired) electrons. The summed E-state index contributed by atoms with van der Waals surface area (Å²) in [6.07, 6.45) is 0.636. The summed E-state index contributed by atoms with van der Waals surface area (Å²) in [6, 6.07) is 5.64. The molecule has 2 rings (SSSR count). The maximum atomic E-state index is 12.9. The van der Waals surface area contributed by atoms with Crippen LogP contribution in [-0.4, -0.2) is 42.3 Å². The van der Waals surface area contributed by atoms with Crippen LogP contribution in [0.1, 0.15) is 24.5 Å². The first kappa shape index (κ1) is 22.2. The number of nitrogens with two attached hydrogens (primary N) is 1. The van der Waals surface area contributed by atoms with Gasteiger partial charge in [0.1, 0.15) is 11.6 Å². The molecule has 0 aliphatic rings. The predicted octanol–water partition coefficient (Wildman–Crippen LogP) is 1.20. The number of hydrogen-bond donors (Lipinski definition) is 2. The lowest BCUT2D eigenvalue weighted by Gasteiger charge is -2.24. The van der Waals surface area contributed by atoms with Crippen molar-refractivity contribution in [3.8, 4) is 5.75 Å². The Bertz CT molecular complexity index is 960. The Labute approximate surface area is 169 Å². The topological polar surface area (TPSA) is 120 Å². The van der Waals surface area contributed by atoms with Crippen molar-refractivity contribution < 1.29 is 14.3 Å². The summed E-state index contributed by atoms with van der Waals surface area (Å²) >= 11 is 0. The zero-order chi connectivity index (χ0) is 21.6. The standard InChI is InChI=1S/C20H28N4O5/c1-5-6-24-18(21)17(19(26)22-20(24)27)23(7-8-28-4)16(25)12-29-15-10-13(2)9-14(3)11-15/h9-11H,5-8,12,21H2,1-4H3,(H,22,26,27). The SMILES string of the molecule is CCCn1c(N)c(N(CCOC)C(=O)COc2cc(C)cc(C)c2)c(=O)[nH]c1=O. The maximum Gasteiger partial charge on any atom is 0.330 e. The van der Waals surface area contributed by atoms with E-state index in [1.807, 2.05) is 39.0 Å². The van der Waals surface area contributed by atoms with Crippen molar-refractivity contribution in [3.05, 3.63) is 50.2 Å². The van der Waals surface area contributed by atoms with Gasteiger partial charge in [-0.3, -0.25) is 24.0 Å². The zero-order valence-corrected chi connectivity index (χ0v) is 17.3. The number of rotatable bonds is 9. The van der Waals surface area contributed by atoms with E-state index in [2.05, 4.69) is 4.98 Å². The van der Waals surface area contributed by atoms with E-state index >= 15 is 0 Å². The number of benzene rings is 1. The van der Waals surface area contributed by atoms with Crippen molar-refractivity contribution in [3.63, 3.8) is 0 Å². The molecule has 0 bridgehead atoms. The van der Waals surface area contributed by atoms with Crippen LogP contribution >= 0.6 is 0 Å². The van der Waals surface area contributed by atoms with Crippen molar-refractivity contribution in [1.82, 2.24) is 9.55 Å². The number of nitrogen functional groups attached to an aromatic ring is 1. The number of aryl methyl sites for hydroxylation is 2. The number of carbonyl (C=O) groups is 1. The van der Waals surface area contributed by atoms with Gasteiger partial charge >= 0.3 is 5.69 Å². The predicted molar refractivity (Wildman–Crippen MR) is 112 cm³/mol. The summed E-state index contributed by atoms with van der Waals surface area (Å²) in [5, 5.41) is 0. The first-order valence-electron chi connectivity index (χ1n) is 9.41. The fraction of sp³-hybridized carbons (Fsp3) is 0.450. The van der Waals surface area contributed by atoms with Crippen LogP contribution in [0.2, 0.25) is 0 Å². The molecule has 2 aromatic rings. The smallest absolute Gasteiger partial charge is 0.330 e. The zero-order valence-electron chi connectivity index (χ0n) is 17.3. The third kappa shape index (κ3) is 5.47. The van der Waals surface area contributed by atoms with Gasteiger partial charge in [-0.1, -0.05) is 13.0 Å². The summed E-state index contributed by atoms with van der Waals surface area (Å²) in [5.74, 6) is 0.0249. The van der Waals surface area contributed by atoms with E-state index in [9.17, 15) is 14.4 Å². The van der Waals surface area contributed by atoms with Crippen molar-refractivity contribution in [1.29, 1.82) is 0 Å². The number of amides is 1. The molecular formula is C20H28N4O5. The molecule has 158 valence electrons. The van der Waals surface area contributed by atoms with Gasteiger partial charge in [-0.05, 0) is 43.5 Å². The number of aromatic amines is 1. The van der Waals surface area contributed by atoms with Crippen LogP contribution in [-0.2, 0) is 16.1 Å². The van der Waals surface area contributed by atoms with E-state index in [4.69, 9.17) is 15.2 Å². The molecule has 0 saturated carbocycles. The number of anilines is 2. The molecule has 29 heavy (non-hydrogen) atoms. The molecule has 0 aliphatic carbocycles. The van der Waals surface area contributed by atoms with E-state index in [-0.39, 0.29) is 31.3 Å². The average Bonchev–Trinajstić information content (AvgIpc) is 2.65. The molecular weight excluding hydrogens is 376 g/mol. The second-order valence-electron chi connectivity index (χ2n) is 6.80. The summed E-state index contributed by atoms with van der Waals surface area (Å²) in [4.78, 5) is 40.9. The number of aromatic nitrogens is 2. The number of nitrogens with zero attached hydrogens (tertiary/aromatic N) is 2. The Morgan fingerprint density at radius 2 is 1.86 bits per heavy atom. The van der Waals surface area contributed by atoms with E-state index in [1.54, 1.807) is 0 Å². The van der Waals surface area contributed by atoms with Gasteiger partial charge in [-0.25, -0.2) is 4.79 Å². The van der Waals surface area contributed by atoms with Crippen molar-refractivity contribution in [2.75, 3.05) is 37.5 Å². The molecule has 0 aliphatic heterocycles. The molecule has 9 nitrogen and oxygen atoms in total. The second-order valence-corrected chi connectivity index (χ2v) is 6.80. The highest BCUT2D eigenvalue weighted by Crippen LogP contribution is 2.19. The molecule has 9 heteroatoms. The van der Waals surface area contributed by atoms with Gasteiger partial charge < -0.3 is 15.2 Å². The number of nitrogens with one attached hydrogen (secondary N) is 1. The van der Waals surface area contributed by atoms with E-state index in [1.165, 1.54) is 16.6 Å². The van der Waals surface area contributed by atoms with E-state index < -0.39 is 17.2 Å². The third-order valence-corrected chi connectivity index (χ3v) is 4.31. The van der Waals surface area contributed by atoms with Crippen LogP contribution in [0.15, 0.2) is 27.8 Å². The van der Waals surface area contributed by atoms with E-state index in [0.717, 1.165) is 11.1 Å². The molecule has 0 saturated heterocycles. The lowest BCUT2D eigenvalue weighted by atomic mass is 10.1. The highest BCUT2D eigenvalue weighted by atomic mass is 16.5. The minimum Gasteiger partial charge on any atom is -0.484 e. The number of carbonyl (C=O) groups excluding carboxylic acids is 1. The normalized spacial score (nSPS) is 10.8. The van der Waals surface area contributed by atoms with Crippen molar-refractivity contribution >= 4 is 17.4 Å². The highest BCUT2D eigenvalue weighted by molar-refractivity contribution is 5.96. The summed E-state index contributed by atoms with van der Waals surface area (Å²) in [7, 11) is 1.49. The minimum atomic E-state index is -0.726. The van der Waals surface area contributed by atoms with Crippen LogP contribution in [0.3, 0.4) is 0 Å². The Hall–Kier alpha value is -3.07. The molecule has 0 unspecified atom stereocenters. The van der Waals surface area contributed by atoms with Gasteiger partial charge in [0.25, 0.3) is 11.5 Å². The quantitative estimate of drug-likeness (QED) is 0.648. The molecule has 1 aromatic heterocycles. The molecule has 1 aromatic carbocycles. The number of hydrogen-bond acceptors (Lipinski definition) is 6. The maximum absolute atomic E-state index is 12.9. The molecule has 1 heterocycles. The van der Waals surface area contributed by atoms with E-state index in [0.29, 0.717) is 18.7 Å². The highest BCUT2D eigenvalue weighted by Gasteiger charge is 2.24. The van der Waals surface area contributed by atoms with Crippen LogP contribution in [0.4, 0.5) is 11.5 Å². The summed E-state index contributed by atoms with van der Waals surface area (Å²) in [5.41, 5.74) is 6.70. The Balaban J connectivity index is 2.35. The molecule has 1 amide bonds. The lowest BCUT2D eigenvalue weighted by molar-refractivity contribution is -0.120. The Morgan fingerprint density at radius 3 is 2.45 bits per heavy atom. The second kappa shape index (κ2) is 9.92. The first-order chi connectivity index (χ1) is 13.8. The first-order valence-corrected chi connectivity index (χ1v) is 9.41. The molecule has 0 fully saturated rings. The largest absolute Gasteiger partial charge is 0.484 e. The molecule has 3 N–H and O–H groups in total. The summed E-state index contributed by atoms with van der Waals surface area (Å²) < 4.78 is 11.9. The van der Waals surface area contributed by atoms with Crippen LogP contribution in [0.5, 0.6) is 5.75 Å². The van der Waals surface area contributed by atoms with Gasteiger partial charge in [-0.15, -0.1) is 0 Å².